The number of esters is 2. The van der Waals surface area contributed by atoms with Crippen LogP contribution in [-0.2, 0) is 19.1 Å². The Kier molecular flexibility index (Phi) is 6.39. The van der Waals surface area contributed by atoms with E-state index in [0.717, 1.165) is 6.08 Å². The highest BCUT2D eigenvalue weighted by Gasteiger charge is 2.11. The summed E-state index contributed by atoms with van der Waals surface area (Å²) in [6, 6.07) is 0. The fourth-order valence-corrected chi connectivity index (χ4v) is 0.719. The molecule has 0 spiro atoms. The first-order valence-corrected chi connectivity index (χ1v) is 4.31. The fourth-order valence-electron chi connectivity index (χ4n) is 0.719. The summed E-state index contributed by atoms with van der Waals surface area (Å²) < 4.78 is 9.17. The smallest absolute Gasteiger partial charge is 0.336 e. The number of ether oxygens (including phenoxy) is 2. The molecular weight excluding hydrogens is 188 g/mol. The lowest BCUT2D eigenvalue weighted by Crippen LogP contribution is -2.13. The fraction of sp³-hybridized carbons (Fsp3) is 0.556. The second-order valence-corrected chi connectivity index (χ2v) is 2.30. The van der Waals surface area contributed by atoms with E-state index in [0.29, 0.717) is 0 Å². The van der Waals surface area contributed by atoms with Gasteiger partial charge in [-0.1, -0.05) is 0 Å². The quantitative estimate of drug-likeness (QED) is 0.503. The van der Waals surface area contributed by atoms with E-state index >= 15 is 0 Å². The number of carbonyl (C=O) groups is 2. The zero-order valence-corrected chi connectivity index (χ0v) is 8.28. The van der Waals surface area contributed by atoms with Gasteiger partial charge < -0.3 is 14.6 Å². The molecule has 80 valence electrons. The third kappa shape index (κ3) is 4.61. The van der Waals surface area contributed by atoms with Crippen molar-refractivity contribution < 1.29 is 24.2 Å². The van der Waals surface area contributed by atoms with Crippen LogP contribution in [0.5, 0.6) is 0 Å². The van der Waals surface area contributed by atoms with Crippen LogP contribution in [0.4, 0.5) is 0 Å². The van der Waals surface area contributed by atoms with Crippen LogP contribution in [0.25, 0.3) is 0 Å². The Balaban J connectivity index is 4.38. The van der Waals surface area contributed by atoms with Crippen LogP contribution >= 0.6 is 0 Å². The third-order valence-corrected chi connectivity index (χ3v) is 1.29. The molecule has 0 saturated carbocycles. The predicted octanol–water partition coefficient (Wildman–Crippen LogP) is 0.0313. The van der Waals surface area contributed by atoms with E-state index in [9.17, 15) is 9.59 Å². The molecule has 0 aromatic rings. The van der Waals surface area contributed by atoms with Crippen molar-refractivity contribution in [3.63, 3.8) is 0 Å². The molecule has 0 bridgehead atoms. The zero-order valence-electron chi connectivity index (χ0n) is 8.28. The third-order valence-electron chi connectivity index (χ3n) is 1.29. The molecule has 0 aromatic carbocycles. The van der Waals surface area contributed by atoms with Gasteiger partial charge in [0.1, 0.15) is 0 Å². The van der Waals surface area contributed by atoms with E-state index in [2.05, 4.69) is 9.47 Å². The molecule has 0 heterocycles. The number of hydrogen-bond donors (Lipinski definition) is 1. The van der Waals surface area contributed by atoms with E-state index in [1.165, 1.54) is 0 Å². The first kappa shape index (κ1) is 12.6. The largest absolute Gasteiger partial charge is 0.463 e. The molecule has 0 fully saturated rings. The summed E-state index contributed by atoms with van der Waals surface area (Å²) in [4.78, 5) is 22.0. The molecule has 0 aliphatic rings. The molecule has 5 nitrogen and oxygen atoms in total. The molecular formula is C9H14O5. The highest BCUT2D eigenvalue weighted by molar-refractivity contribution is 5.96. The van der Waals surface area contributed by atoms with Crippen LogP contribution in [0.15, 0.2) is 11.6 Å². The Morgan fingerprint density at radius 1 is 1.21 bits per heavy atom. The maximum atomic E-state index is 11.1. The molecule has 0 aromatic heterocycles. The van der Waals surface area contributed by atoms with Gasteiger partial charge in [0.15, 0.2) is 0 Å². The molecule has 0 saturated heterocycles. The van der Waals surface area contributed by atoms with Crippen molar-refractivity contribution in [2.45, 2.75) is 13.8 Å². The van der Waals surface area contributed by atoms with Gasteiger partial charge >= 0.3 is 11.9 Å². The van der Waals surface area contributed by atoms with Gasteiger partial charge in [-0.15, -0.1) is 0 Å². The standard InChI is InChI=1S/C9H14O5/c1-3-13-8(11)5-7(6-10)9(12)14-4-2/h5,10H,3-4,6H2,1-2H3. The van der Waals surface area contributed by atoms with E-state index in [1.807, 2.05) is 0 Å². The molecule has 14 heavy (non-hydrogen) atoms. The maximum absolute atomic E-state index is 11.1. The molecule has 0 atom stereocenters. The minimum Gasteiger partial charge on any atom is -0.463 e. The lowest BCUT2D eigenvalue weighted by molar-refractivity contribution is -0.141. The lowest BCUT2D eigenvalue weighted by Gasteiger charge is -2.03. The summed E-state index contributed by atoms with van der Waals surface area (Å²) in [5.41, 5.74) is -0.106. The van der Waals surface area contributed by atoms with Crippen LogP contribution in [0, 0.1) is 0 Å². The molecule has 5 heteroatoms. The van der Waals surface area contributed by atoms with Gasteiger partial charge in [-0.2, -0.15) is 0 Å². The summed E-state index contributed by atoms with van der Waals surface area (Å²) in [6.07, 6.45) is 0.932. The molecule has 0 rings (SSSR count). The lowest BCUT2D eigenvalue weighted by atomic mass is 10.2. The van der Waals surface area contributed by atoms with Crippen molar-refractivity contribution in [1.82, 2.24) is 0 Å². The van der Waals surface area contributed by atoms with Crippen molar-refractivity contribution in [3.05, 3.63) is 11.6 Å². The average molecular weight is 202 g/mol. The summed E-state index contributed by atoms with van der Waals surface area (Å²) in [5.74, 6) is -1.37. The van der Waals surface area contributed by atoms with Gasteiger partial charge in [0.2, 0.25) is 0 Å². The Morgan fingerprint density at radius 2 is 1.79 bits per heavy atom. The predicted molar refractivity (Wildman–Crippen MR) is 48.4 cm³/mol. The summed E-state index contributed by atoms with van der Waals surface area (Å²) in [5, 5.41) is 8.76. The van der Waals surface area contributed by atoms with Gasteiger partial charge in [-0.25, -0.2) is 9.59 Å². The SMILES string of the molecule is CCOC(=O)C=C(CO)C(=O)OCC. The molecule has 0 aliphatic carbocycles. The monoisotopic (exact) mass is 202 g/mol. The Morgan fingerprint density at radius 3 is 2.21 bits per heavy atom. The second kappa shape index (κ2) is 7.08. The summed E-state index contributed by atoms with van der Waals surface area (Å²) in [7, 11) is 0. The second-order valence-electron chi connectivity index (χ2n) is 2.30. The number of rotatable bonds is 5. The van der Waals surface area contributed by atoms with Gasteiger partial charge in [-0.05, 0) is 13.8 Å². The Hall–Kier alpha value is -1.36. The van der Waals surface area contributed by atoms with Crippen LogP contribution in [0.1, 0.15) is 13.8 Å². The minimum absolute atomic E-state index is 0.106. The van der Waals surface area contributed by atoms with Gasteiger partial charge in [0.05, 0.1) is 25.4 Å². The Labute approximate surface area is 82.3 Å². The topological polar surface area (TPSA) is 72.8 Å². The van der Waals surface area contributed by atoms with Gasteiger partial charge in [0, 0.05) is 6.08 Å². The van der Waals surface area contributed by atoms with Crippen LogP contribution in [0.2, 0.25) is 0 Å². The van der Waals surface area contributed by atoms with Crippen molar-refractivity contribution in [2.75, 3.05) is 19.8 Å². The first-order chi connectivity index (χ1) is 6.65. The number of aliphatic hydroxyl groups excluding tert-OH is 1. The van der Waals surface area contributed by atoms with E-state index < -0.39 is 18.5 Å². The van der Waals surface area contributed by atoms with Crippen LogP contribution in [-0.4, -0.2) is 36.9 Å². The van der Waals surface area contributed by atoms with Crippen LogP contribution in [0.3, 0.4) is 0 Å². The van der Waals surface area contributed by atoms with Gasteiger partial charge in [-0.3, -0.25) is 0 Å². The molecule has 1 N–H and O–H groups in total. The summed E-state index contributed by atoms with van der Waals surface area (Å²) >= 11 is 0. The molecule has 0 unspecified atom stereocenters. The first-order valence-electron chi connectivity index (χ1n) is 4.31. The van der Waals surface area contributed by atoms with Crippen molar-refractivity contribution >= 4 is 11.9 Å². The van der Waals surface area contributed by atoms with Crippen molar-refractivity contribution in [3.8, 4) is 0 Å². The van der Waals surface area contributed by atoms with Crippen LogP contribution < -0.4 is 0 Å². The van der Waals surface area contributed by atoms with E-state index in [1.54, 1.807) is 13.8 Å². The Bertz CT molecular complexity index is 231. The maximum Gasteiger partial charge on any atom is 0.336 e. The highest BCUT2D eigenvalue weighted by Crippen LogP contribution is 1.98. The van der Waals surface area contributed by atoms with E-state index in [-0.39, 0.29) is 18.8 Å². The van der Waals surface area contributed by atoms with Gasteiger partial charge in [0.25, 0.3) is 0 Å². The minimum atomic E-state index is -0.706. The molecule has 0 radical (unpaired) electrons. The molecule has 0 amide bonds. The van der Waals surface area contributed by atoms with Crippen molar-refractivity contribution in [1.29, 1.82) is 0 Å². The van der Waals surface area contributed by atoms with Crippen molar-refractivity contribution in [2.24, 2.45) is 0 Å². The average Bonchev–Trinajstić information content (AvgIpc) is 2.15. The molecule has 0 aliphatic heterocycles. The van der Waals surface area contributed by atoms with E-state index in [4.69, 9.17) is 5.11 Å². The number of carbonyl (C=O) groups excluding carboxylic acids is 2. The highest BCUT2D eigenvalue weighted by atomic mass is 16.5. The zero-order chi connectivity index (χ0) is 11.0. The normalized spacial score (nSPS) is 10.9. The number of hydrogen-bond acceptors (Lipinski definition) is 5. The summed E-state index contributed by atoms with van der Waals surface area (Å²) in [6.45, 7) is 3.15. The number of aliphatic hydroxyl groups is 1.